The van der Waals surface area contributed by atoms with Crippen LogP contribution in [0.3, 0.4) is 0 Å². The fourth-order valence-corrected chi connectivity index (χ4v) is 8.45. The number of hydrogen-bond acceptors (Lipinski definition) is 6. The molecular weight excluding hydrogens is 757 g/mol. The summed E-state index contributed by atoms with van der Waals surface area (Å²) >= 11 is 0. The van der Waals surface area contributed by atoms with Crippen molar-refractivity contribution >= 4 is 17.9 Å². The normalized spacial score (nSPS) is 11.9. The SMILES string of the molecule is CCCCCCCCCCCCCCCCCCCCCCCCCCCCCCC(=O)OCC(COC(=O)CCCCCCC)OC(=O)CCCCCCCCCCCC. The minimum atomic E-state index is -0.757. The summed E-state index contributed by atoms with van der Waals surface area (Å²) in [5, 5.41) is 0. The van der Waals surface area contributed by atoms with Gasteiger partial charge in [-0.1, -0.05) is 278 Å². The Morgan fingerprint density at radius 1 is 0.262 bits per heavy atom. The molecule has 1 atom stereocenters. The van der Waals surface area contributed by atoms with Gasteiger partial charge in [-0.3, -0.25) is 14.4 Å². The van der Waals surface area contributed by atoms with Crippen molar-refractivity contribution in [3.63, 3.8) is 0 Å². The second-order valence-corrected chi connectivity index (χ2v) is 18.9. The first kappa shape index (κ1) is 59.4. The summed E-state index contributed by atoms with van der Waals surface area (Å²) in [6.45, 7) is 6.59. The van der Waals surface area contributed by atoms with Gasteiger partial charge in [-0.2, -0.15) is 0 Å². The van der Waals surface area contributed by atoms with Crippen LogP contribution in [0.1, 0.15) is 316 Å². The van der Waals surface area contributed by atoms with Crippen molar-refractivity contribution in [3.05, 3.63) is 0 Å². The number of unbranched alkanes of at least 4 members (excludes halogenated alkanes) is 40. The predicted molar refractivity (Wildman–Crippen MR) is 261 cm³/mol. The maximum Gasteiger partial charge on any atom is 0.306 e. The van der Waals surface area contributed by atoms with Crippen LogP contribution in [0.15, 0.2) is 0 Å². The van der Waals surface area contributed by atoms with E-state index in [4.69, 9.17) is 14.2 Å². The van der Waals surface area contributed by atoms with E-state index >= 15 is 0 Å². The third kappa shape index (κ3) is 49.3. The van der Waals surface area contributed by atoms with E-state index in [0.717, 1.165) is 64.2 Å². The quantitative estimate of drug-likeness (QED) is 0.0344. The summed E-state index contributed by atoms with van der Waals surface area (Å²) in [5.74, 6) is -0.862. The summed E-state index contributed by atoms with van der Waals surface area (Å²) in [6, 6.07) is 0. The van der Waals surface area contributed by atoms with Gasteiger partial charge >= 0.3 is 17.9 Å². The van der Waals surface area contributed by atoms with Crippen LogP contribution >= 0.6 is 0 Å². The van der Waals surface area contributed by atoms with E-state index in [-0.39, 0.29) is 31.1 Å². The summed E-state index contributed by atoms with van der Waals surface area (Å²) in [7, 11) is 0. The van der Waals surface area contributed by atoms with Gasteiger partial charge in [0, 0.05) is 19.3 Å². The zero-order valence-electron chi connectivity index (χ0n) is 41.5. The standard InChI is InChI=1S/C55H106O6/c1-4-7-10-13-15-17-19-20-21-22-23-24-25-26-27-28-29-30-31-32-33-34-35-36-38-39-42-45-48-54(57)60-51-52(50-59-53(56)47-44-41-12-9-6-3)61-55(58)49-46-43-40-37-18-16-14-11-8-5-2/h52H,4-51H2,1-3H3. The molecule has 0 radical (unpaired) electrons. The molecule has 6 nitrogen and oxygen atoms in total. The van der Waals surface area contributed by atoms with Gasteiger partial charge in [0.15, 0.2) is 6.10 Å². The van der Waals surface area contributed by atoms with E-state index in [1.807, 2.05) is 0 Å². The molecule has 1 unspecified atom stereocenters. The molecule has 0 saturated heterocycles. The van der Waals surface area contributed by atoms with Gasteiger partial charge in [-0.05, 0) is 19.3 Å². The fraction of sp³-hybridized carbons (Fsp3) is 0.945. The summed E-state index contributed by atoms with van der Waals surface area (Å²) < 4.78 is 16.6. The first-order valence-corrected chi connectivity index (χ1v) is 27.5. The number of ether oxygens (including phenoxy) is 3. The summed E-state index contributed by atoms with van der Waals surface area (Å²) in [5.41, 5.74) is 0. The average Bonchev–Trinajstić information content (AvgIpc) is 3.26. The van der Waals surface area contributed by atoms with Crippen LogP contribution in [0.4, 0.5) is 0 Å². The van der Waals surface area contributed by atoms with E-state index < -0.39 is 6.10 Å². The molecule has 6 heteroatoms. The van der Waals surface area contributed by atoms with Crippen LogP contribution in [0.2, 0.25) is 0 Å². The molecule has 0 rings (SSSR count). The summed E-state index contributed by atoms with van der Waals surface area (Å²) in [4.78, 5) is 37.5. The van der Waals surface area contributed by atoms with E-state index in [1.54, 1.807) is 0 Å². The van der Waals surface area contributed by atoms with Gasteiger partial charge in [-0.15, -0.1) is 0 Å². The van der Waals surface area contributed by atoms with Gasteiger partial charge < -0.3 is 14.2 Å². The van der Waals surface area contributed by atoms with Crippen LogP contribution in [-0.4, -0.2) is 37.2 Å². The molecular formula is C55H106O6. The molecule has 0 N–H and O–H groups in total. The molecule has 0 aromatic carbocycles. The van der Waals surface area contributed by atoms with Crippen LogP contribution in [0, 0.1) is 0 Å². The topological polar surface area (TPSA) is 78.9 Å². The highest BCUT2D eigenvalue weighted by atomic mass is 16.6. The second-order valence-electron chi connectivity index (χ2n) is 18.9. The molecule has 0 aromatic rings. The van der Waals surface area contributed by atoms with Gasteiger partial charge in [-0.25, -0.2) is 0 Å². The van der Waals surface area contributed by atoms with Crippen LogP contribution in [-0.2, 0) is 28.6 Å². The van der Waals surface area contributed by atoms with Crippen molar-refractivity contribution in [2.24, 2.45) is 0 Å². The van der Waals surface area contributed by atoms with Gasteiger partial charge in [0.05, 0.1) is 0 Å². The van der Waals surface area contributed by atoms with Crippen molar-refractivity contribution in [3.8, 4) is 0 Å². The number of esters is 3. The number of carbonyl (C=O) groups is 3. The molecule has 0 aliphatic carbocycles. The number of carbonyl (C=O) groups excluding carboxylic acids is 3. The zero-order valence-corrected chi connectivity index (χ0v) is 41.5. The second kappa shape index (κ2) is 51.0. The van der Waals surface area contributed by atoms with Crippen LogP contribution in [0.25, 0.3) is 0 Å². The highest BCUT2D eigenvalue weighted by Crippen LogP contribution is 2.18. The lowest BCUT2D eigenvalue weighted by molar-refractivity contribution is -0.167. The van der Waals surface area contributed by atoms with E-state index in [0.29, 0.717) is 19.3 Å². The van der Waals surface area contributed by atoms with Gasteiger partial charge in [0.25, 0.3) is 0 Å². The van der Waals surface area contributed by atoms with Crippen LogP contribution in [0.5, 0.6) is 0 Å². The third-order valence-corrected chi connectivity index (χ3v) is 12.6. The molecule has 0 aliphatic heterocycles. The highest BCUT2D eigenvalue weighted by Gasteiger charge is 2.19. The molecule has 0 heterocycles. The predicted octanol–water partition coefficient (Wildman–Crippen LogP) is 18.0. The van der Waals surface area contributed by atoms with E-state index in [9.17, 15) is 14.4 Å². The first-order valence-electron chi connectivity index (χ1n) is 27.5. The lowest BCUT2D eigenvalue weighted by Gasteiger charge is -2.18. The van der Waals surface area contributed by atoms with Crippen molar-refractivity contribution in [2.75, 3.05) is 13.2 Å². The zero-order chi connectivity index (χ0) is 44.4. The minimum Gasteiger partial charge on any atom is -0.462 e. The Labute approximate surface area is 380 Å². The first-order chi connectivity index (χ1) is 30.0. The Balaban J connectivity index is 3.86. The lowest BCUT2D eigenvalue weighted by atomic mass is 10.0. The van der Waals surface area contributed by atoms with Gasteiger partial charge in [0.1, 0.15) is 13.2 Å². The fourth-order valence-electron chi connectivity index (χ4n) is 8.45. The minimum absolute atomic E-state index is 0.0636. The maximum atomic E-state index is 12.7. The average molecular weight is 863 g/mol. The monoisotopic (exact) mass is 863 g/mol. The molecule has 0 spiro atoms. The molecule has 0 fully saturated rings. The summed E-state index contributed by atoms with van der Waals surface area (Å²) in [6.07, 6.45) is 55.9. The third-order valence-electron chi connectivity index (χ3n) is 12.6. The van der Waals surface area contributed by atoms with E-state index in [2.05, 4.69) is 20.8 Å². The molecule has 61 heavy (non-hydrogen) atoms. The molecule has 0 saturated carbocycles. The molecule has 0 bridgehead atoms. The Bertz CT molecular complexity index is 905. The van der Waals surface area contributed by atoms with Gasteiger partial charge in [0.2, 0.25) is 0 Å². The molecule has 362 valence electrons. The van der Waals surface area contributed by atoms with Crippen LogP contribution < -0.4 is 0 Å². The van der Waals surface area contributed by atoms with Crippen molar-refractivity contribution in [1.29, 1.82) is 0 Å². The van der Waals surface area contributed by atoms with Crippen molar-refractivity contribution in [1.82, 2.24) is 0 Å². The molecule has 0 amide bonds. The number of rotatable bonds is 51. The lowest BCUT2D eigenvalue weighted by Crippen LogP contribution is -2.30. The Morgan fingerprint density at radius 2 is 0.443 bits per heavy atom. The molecule has 0 aliphatic rings. The Kier molecular flexibility index (Phi) is 49.7. The molecule has 0 aromatic heterocycles. The van der Waals surface area contributed by atoms with Crippen molar-refractivity contribution < 1.29 is 28.6 Å². The van der Waals surface area contributed by atoms with Crippen molar-refractivity contribution in [2.45, 2.75) is 322 Å². The smallest absolute Gasteiger partial charge is 0.306 e. The Hall–Kier alpha value is -1.59. The Morgan fingerprint density at radius 3 is 0.656 bits per heavy atom. The largest absolute Gasteiger partial charge is 0.462 e. The number of hydrogen-bond donors (Lipinski definition) is 0. The maximum absolute atomic E-state index is 12.7. The van der Waals surface area contributed by atoms with E-state index in [1.165, 1.54) is 212 Å². The highest BCUT2D eigenvalue weighted by molar-refractivity contribution is 5.71.